The van der Waals surface area contributed by atoms with Gasteiger partial charge in [0.2, 0.25) is 0 Å². The average molecular weight is 242 g/mol. The molecule has 0 bridgehead atoms. The first-order chi connectivity index (χ1) is 8.06. The lowest BCUT2D eigenvalue weighted by atomic mass is 9.86. The minimum absolute atomic E-state index is 0.0389. The Labute approximate surface area is 105 Å². The van der Waals surface area contributed by atoms with E-state index in [1.54, 1.807) is 0 Å². The Morgan fingerprint density at radius 2 is 1.76 bits per heavy atom. The quantitative estimate of drug-likeness (QED) is 0.525. The monoisotopic (exact) mass is 242 g/mol. The van der Waals surface area contributed by atoms with Gasteiger partial charge in [0.15, 0.2) is 0 Å². The summed E-state index contributed by atoms with van der Waals surface area (Å²) in [4.78, 5) is 11.2. The van der Waals surface area contributed by atoms with Crippen LogP contribution in [0.25, 0.3) is 0 Å². The third-order valence-corrected chi connectivity index (χ3v) is 3.73. The van der Waals surface area contributed by atoms with Crippen molar-refractivity contribution in [1.82, 2.24) is 0 Å². The maximum atomic E-state index is 11.2. The Balaban J connectivity index is 2.05. The maximum Gasteiger partial charge on any atom is 0.306 e. The molecule has 17 heavy (non-hydrogen) atoms. The third kappa shape index (κ3) is 5.07. The molecule has 1 atom stereocenters. The summed E-state index contributed by atoms with van der Waals surface area (Å²) >= 11 is 0. The van der Waals surface area contributed by atoms with E-state index in [-0.39, 0.29) is 11.6 Å². The molecule has 0 radical (unpaired) electrons. The van der Waals surface area contributed by atoms with Crippen LogP contribution in [0.2, 0.25) is 0 Å². The summed E-state index contributed by atoms with van der Waals surface area (Å²) in [5.41, 5.74) is -0.256. The molecule has 0 aromatic carbocycles. The molecule has 0 saturated carbocycles. The fraction of sp³-hybridized carbons (Fsp3) is 0.929. The number of hydrogen-bond acceptors (Lipinski definition) is 3. The van der Waals surface area contributed by atoms with Gasteiger partial charge in [-0.25, -0.2) is 0 Å². The van der Waals surface area contributed by atoms with Gasteiger partial charge < -0.3 is 9.84 Å². The van der Waals surface area contributed by atoms with Gasteiger partial charge in [-0.05, 0) is 26.7 Å². The highest BCUT2D eigenvalue weighted by atomic mass is 16.6. The van der Waals surface area contributed by atoms with Crippen LogP contribution in [0, 0.1) is 5.92 Å². The van der Waals surface area contributed by atoms with Crippen LogP contribution in [0.5, 0.6) is 0 Å². The largest absolute Gasteiger partial charge is 0.459 e. The Kier molecular flexibility index (Phi) is 5.96. The Hall–Kier alpha value is -0.570. The van der Waals surface area contributed by atoms with E-state index in [2.05, 4.69) is 0 Å². The number of hydrogen-bond donors (Lipinski definition) is 1. The first-order valence-electron chi connectivity index (χ1n) is 6.89. The molecule has 3 heteroatoms. The van der Waals surface area contributed by atoms with Crippen LogP contribution in [0.1, 0.15) is 65.2 Å². The van der Waals surface area contributed by atoms with Crippen LogP contribution >= 0.6 is 0 Å². The molecule has 100 valence electrons. The topological polar surface area (TPSA) is 46.5 Å². The molecule has 0 aromatic rings. The Morgan fingerprint density at radius 1 is 1.18 bits per heavy atom. The number of rotatable bonds is 8. The van der Waals surface area contributed by atoms with E-state index < -0.39 is 0 Å². The fourth-order valence-electron chi connectivity index (χ4n) is 2.52. The van der Waals surface area contributed by atoms with Gasteiger partial charge in [-0.15, -0.1) is 0 Å². The van der Waals surface area contributed by atoms with Crippen molar-refractivity contribution in [3.63, 3.8) is 0 Å². The average Bonchev–Trinajstić information content (AvgIpc) is 2.50. The van der Waals surface area contributed by atoms with Crippen molar-refractivity contribution < 1.29 is 14.6 Å². The van der Waals surface area contributed by atoms with E-state index in [1.165, 1.54) is 25.7 Å². The zero-order valence-electron chi connectivity index (χ0n) is 11.2. The summed E-state index contributed by atoms with van der Waals surface area (Å²) < 4.78 is 5.30. The summed E-state index contributed by atoms with van der Waals surface area (Å²) in [5, 5.41) is 8.65. The maximum absolute atomic E-state index is 11.2. The van der Waals surface area contributed by atoms with Gasteiger partial charge >= 0.3 is 5.97 Å². The minimum atomic E-state index is -0.256. The Bertz CT molecular complexity index is 236. The number of carbonyl (C=O) groups is 1. The van der Waals surface area contributed by atoms with Gasteiger partial charge in [-0.1, -0.05) is 32.1 Å². The SMILES string of the molecule is CC1(C)OC(=O)C[C@@H]1CCCCCCCCO. The molecule has 1 fully saturated rings. The molecule has 1 saturated heterocycles. The van der Waals surface area contributed by atoms with Crippen molar-refractivity contribution in [2.24, 2.45) is 5.92 Å². The zero-order chi connectivity index (χ0) is 12.7. The van der Waals surface area contributed by atoms with Gasteiger partial charge in [-0.2, -0.15) is 0 Å². The van der Waals surface area contributed by atoms with Crippen LogP contribution < -0.4 is 0 Å². The van der Waals surface area contributed by atoms with Crippen LogP contribution in [0.15, 0.2) is 0 Å². The lowest BCUT2D eigenvalue weighted by molar-refractivity contribution is -0.146. The molecule has 0 aliphatic carbocycles. The normalized spacial score (nSPS) is 22.8. The summed E-state index contributed by atoms with van der Waals surface area (Å²) in [7, 11) is 0. The lowest BCUT2D eigenvalue weighted by Gasteiger charge is -2.24. The standard InChI is InChI=1S/C14H26O3/c1-14(2)12(11-13(16)17-14)9-7-5-3-4-6-8-10-15/h12,15H,3-11H2,1-2H3/t12-/m0/s1. The van der Waals surface area contributed by atoms with E-state index in [0.29, 0.717) is 18.9 Å². The van der Waals surface area contributed by atoms with Gasteiger partial charge in [0.25, 0.3) is 0 Å². The second-order valence-electron chi connectivity index (χ2n) is 5.61. The van der Waals surface area contributed by atoms with Crippen LogP contribution in [0.4, 0.5) is 0 Å². The molecule has 3 nitrogen and oxygen atoms in total. The number of cyclic esters (lactones) is 1. The van der Waals surface area contributed by atoms with E-state index in [9.17, 15) is 4.79 Å². The number of aliphatic hydroxyl groups is 1. The number of unbranched alkanes of at least 4 members (excludes halogenated alkanes) is 5. The molecule has 0 unspecified atom stereocenters. The predicted molar refractivity (Wildman–Crippen MR) is 67.7 cm³/mol. The molecule has 0 amide bonds. The summed E-state index contributed by atoms with van der Waals surface area (Å²) in [6.07, 6.45) is 8.61. The zero-order valence-corrected chi connectivity index (χ0v) is 11.2. The fourth-order valence-corrected chi connectivity index (χ4v) is 2.52. The molecule has 1 aliphatic heterocycles. The lowest BCUT2D eigenvalue weighted by Crippen LogP contribution is -2.27. The van der Waals surface area contributed by atoms with Crippen LogP contribution in [-0.4, -0.2) is 23.3 Å². The first-order valence-corrected chi connectivity index (χ1v) is 6.89. The third-order valence-electron chi connectivity index (χ3n) is 3.73. The van der Waals surface area contributed by atoms with Crippen molar-refractivity contribution in [2.75, 3.05) is 6.61 Å². The smallest absolute Gasteiger partial charge is 0.306 e. The summed E-state index contributed by atoms with van der Waals surface area (Å²) in [6.45, 7) is 4.35. The van der Waals surface area contributed by atoms with E-state index in [1.807, 2.05) is 13.8 Å². The minimum Gasteiger partial charge on any atom is -0.459 e. The van der Waals surface area contributed by atoms with Crippen LogP contribution in [0.3, 0.4) is 0 Å². The highest BCUT2D eigenvalue weighted by molar-refractivity contribution is 5.72. The highest BCUT2D eigenvalue weighted by Crippen LogP contribution is 2.35. The molecule has 1 heterocycles. The van der Waals surface area contributed by atoms with Crippen molar-refractivity contribution in [2.45, 2.75) is 70.8 Å². The molecule has 0 aromatic heterocycles. The van der Waals surface area contributed by atoms with Gasteiger partial charge in [-0.3, -0.25) is 4.79 Å². The molecular weight excluding hydrogens is 216 g/mol. The van der Waals surface area contributed by atoms with E-state index in [0.717, 1.165) is 19.3 Å². The van der Waals surface area contributed by atoms with Gasteiger partial charge in [0.05, 0.1) is 6.42 Å². The predicted octanol–water partition coefficient (Wildman–Crippen LogP) is 3.05. The summed E-state index contributed by atoms with van der Waals surface area (Å²) in [5.74, 6) is 0.357. The molecule has 1 aliphatic rings. The van der Waals surface area contributed by atoms with Crippen molar-refractivity contribution in [3.05, 3.63) is 0 Å². The van der Waals surface area contributed by atoms with Crippen molar-refractivity contribution in [3.8, 4) is 0 Å². The first kappa shape index (κ1) is 14.5. The van der Waals surface area contributed by atoms with Gasteiger partial charge in [0.1, 0.15) is 5.60 Å². The number of esters is 1. The number of ether oxygens (including phenoxy) is 1. The van der Waals surface area contributed by atoms with E-state index in [4.69, 9.17) is 9.84 Å². The van der Waals surface area contributed by atoms with Crippen molar-refractivity contribution >= 4 is 5.97 Å². The molecule has 0 spiro atoms. The second-order valence-corrected chi connectivity index (χ2v) is 5.61. The number of aliphatic hydroxyl groups excluding tert-OH is 1. The van der Waals surface area contributed by atoms with Gasteiger partial charge in [0, 0.05) is 12.5 Å². The second kappa shape index (κ2) is 7.00. The summed E-state index contributed by atoms with van der Waals surface area (Å²) in [6, 6.07) is 0. The highest BCUT2D eigenvalue weighted by Gasteiger charge is 2.40. The van der Waals surface area contributed by atoms with Crippen molar-refractivity contribution in [1.29, 1.82) is 0 Å². The molecule has 1 N–H and O–H groups in total. The molecule has 1 rings (SSSR count). The number of carbonyl (C=O) groups excluding carboxylic acids is 1. The Morgan fingerprint density at radius 3 is 2.29 bits per heavy atom. The van der Waals surface area contributed by atoms with Crippen LogP contribution in [-0.2, 0) is 9.53 Å². The molecular formula is C14H26O3. The van der Waals surface area contributed by atoms with E-state index >= 15 is 0 Å².